The van der Waals surface area contributed by atoms with E-state index in [1.165, 1.54) is 16.4 Å². The minimum atomic E-state index is -3.81. The molecule has 0 bridgehead atoms. The summed E-state index contributed by atoms with van der Waals surface area (Å²) in [6, 6.07) is 11.0. The molecule has 1 aliphatic rings. The number of rotatable bonds is 6. The maximum absolute atomic E-state index is 12.9. The Bertz CT molecular complexity index is 927. The normalized spacial score (nSPS) is 15.1. The highest BCUT2D eigenvalue weighted by Gasteiger charge is 2.30. The van der Waals surface area contributed by atoms with Crippen molar-refractivity contribution in [1.29, 1.82) is 0 Å². The van der Waals surface area contributed by atoms with E-state index in [-0.39, 0.29) is 10.6 Å². The number of sulfonamides is 1. The van der Waals surface area contributed by atoms with Crippen LogP contribution in [0.5, 0.6) is 0 Å². The highest BCUT2D eigenvalue weighted by molar-refractivity contribution is 7.89. The van der Waals surface area contributed by atoms with Crippen LogP contribution in [-0.4, -0.2) is 30.7 Å². The Hall–Kier alpha value is -2.16. The quantitative estimate of drug-likeness (QED) is 0.595. The molecule has 2 aromatic rings. The van der Waals surface area contributed by atoms with Gasteiger partial charge in [-0.3, -0.25) is 10.1 Å². The van der Waals surface area contributed by atoms with Gasteiger partial charge in [0.25, 0.3) is 5.69 Å². The Morgan fingerprint density at radius 3 is 2.50 bits per heavy atom. The summed E-state index contributed by atoms with van der Waals surface area (Å²) in [5, 5.41) is 14.7. The Morgan fingerprint density at radius 1 is 1.15 bits per heavy atom. The molecule has 1 aliphatic heterocycles. The van der Waals surface area contributed by atoms with Gasteiger partial charge in [0.05, 0.1) is 10.6 Å². The van der Waals surface area contributed by atoms with Crippen LogP contribution in [0.1, 0.15) is 18.4 Å². The minimum Gasteiger partial charge on any atom is -0.380 e. The number of nitro benzene ring substituents is 1. The third kappa shape index (κ3) is 3.82. The fourth-order valence-electron chi connectivity index (χ4n) is 2.88. The van der Waals surface area contributed by atoms with Crippen molar-refractivity contribution in [3.05, 3.63) is 63.2 Å². The molecule has 1 fully saturated rings. The second kappa shape index (κ2) is 7.61. The molecule has 1 N–H and O–H groups in total. The number of nitrogens with zero attached hydrogens (tertiary/aromatic N) is 2. The van der Waals surface area contributed by atoms with E-state index in [0.717, 1.165) is 24.5 Å². The van der Waals surface area contributed by atoms with Gasteiger partial charge in [-0.25, -0.2) is 8.42 Å². The largest absolute Gasteiger partial charge is 0.380 e. The Balaban J connectivity index is 1.96. The number of nitrogens with one attached hydrogen (secondary N) is 1. The van der Waals surface area contributed by atoms with E-state index in [4.69, 9.17) is 11.6 Å². The number of halogens is 1. The lowest BCUT2D eigenvalue weighted by Gasteiger charge is -2.19. The highest BCUT2D eigenvalue weighted by Crippen LogP contribution is 2.31. The molecule has 9 heteroatoms. The SMILES string of the molecule is O=[N+]([O-])c1ccc(NCc2ccccc2Cl)c(S(=O)(=O)N2CCCC2)c1. The summed E-state index contributed by atoms with van der Waals surface area (Å²) in [4.78, 5) is 10.4. The van der Waals surface area contributed by atoms with Gasteiger partial charge in [-0.2, -0.15) is 4.31 Å². The summed E-state index contributed by atoms with van der Waals surface area (Å²) >= 11 is 6.13. The van der Waals surface area contributed by atoms with E-state index in [0.29, 0.717) is 30.3 Å². The summed E-state index contributed by atoms with van der Waals surface area (Å²) in [7, 11) is -3.81. The lowest BCUT2D eigenvalue weighted by Crippen LogP contribution is -2.28. The molecular formula is C17H18ClN3O4S. The van der Waals surface area contributed by atoms with Crippen LogP contribution in [0.4, 0.5) is 11.4 Å². The second-order valence-electron chi connectivity index (χ2n) is 5.99. The zero-order chi connectivity index (χ0) is 18.7. The van der Waals surface area contributed by atoms with Crippen molar-refractivity contribution in [3.63, 3.8) is 0 Å². The summed E-state index contributed by atoms with van der Waals surface area (Å²) in [6.45, 7) is 1.16. The molecule has 0 radical (unpaired) electrons. The molecule has 0 aromatic heterocycles. The Morgan fingerprint density at radius 2 is 1.85 bits per heavy atom. The fourth-order valence-corrected chi connectivity index (χ4v) is 4.79. The van der Waals surface area contributed by atoms with Crippen molar-refractivity contribution >= 4 is 33.0 Å². The molecule has 0 unspecified atom stereocenters. The van der Waals surface area contributed by atoms with Gasteiger partial charge in [0.1, 0.15) is 4.90 Å². The summed E-state index contributed by atoms with van der Waals surface area (Å²) in [5.41, 5.74) is 0.866. The average molecular weight is 396 g/mol. The average Bonchev–Trinajstić information content (AvgIpc) is 3.16. The van der Waals surface area contributed by atoms with Gasteiger partial charge < -0.3 is 5.32 Å². The van der Waals surface area contributed by atoms with E-state index in [9.17, 15) is 18.5 Å². The maximum Gasteiger partial charge on any atom is 0.270 e. The van der Waals surface area contributed by atoms with Gasteiger partial charge in [0.15, 0.2) is 0 Å². The van der Waals surface area contributed by atoms with Gasteiger partial charge in [0.2, 0.25) is 10.0 Å². The predicted octanol–water partition coefficient (Wildman–Crippen LogP) is 3.64. The van der Waals surface area contributed by atoms with Crippen molar-refractivity contribution in [1.82, 2.24) is 4.31 Å². The lowest BCUT2D eigenvalue weighted by atomic mass is 10.2. The maximum atomic E-state index is 12.9. The zero-order valence-corrected chi connectivity index (χ0v) is 15.5. The van der Waals surface area contributed by atoms with E-state index in [1.54, 1.807) is 12.1 Å². The van der Waals surface area contributed by atoms with E-state index < -0.39 is 14.9 Å². The first kappa shape index (κ1) is 18.6. The smallest absolute Gasteiger partial charge is 0.270 e. The number of benzene rings is 2. The summed E-state index contributed by atoms with van der Waals surface area (Å²) in [5.74, 6) is 0. The minimum absolute atomic E-state index is 0.0827. The van der Waals surface area contributed by atoms with Gasteiger partial charge in [-0.05, 0) is 30.5 Å². The van der Waals surface area contributed by atoms with E-state index >= 15 is 0 Å². The van der Waals surface area contributed by atoms with E-state index in [1.807, 2.05) is 12.1 Å². The van der Waals surface area contributed by atoms with Crippen LogP contribution in [0.3, 0.4) is 0 Å². The lowest BCUT2D eigenvalue weighted by molar-refractivity contribution is -0.385. The van der Waals surface area contributed by atoms with Crippen LogP contribution < -0.4 is 5.32 Å². The molecule has 0 saturated carbocycles. The third-order valence-corrected chi connectivity index (χ3v) is 6.59. The van der Waals surface area contributed by atoms with E-state index in [2.05, 4.69) is 5.32 Å². The van der Waals surface area contributed by atoms with Gasteiger partial charge in [-0.15, -0.1) is 0 Å². The Labute approximate surface area is 156 Å². The van der Waals surface area contributed by atoms with Crippen LogP contribution >= 0.6 is 11.6 Å². The van der Waals surface area contributed by atoms with Gasteiger partial charge >= 0.3 is 0 Å². The van der Waals surface area contributed by atoms with Crippen LogP contribution in [0.2, 0.25) is 5.02 Å². The Kier molecular flexibility index (Phi) is 5.45. The number of hydrogen-bond donors (Lipinski definition) is 1. The molecule has 0 spiro atoms. The first-order chi connectivity index (χ1) is 12.4. The van der Waals surface area contributed by atoms with Crippen molar-refractivity contribution < 1.29 is 13.3 Å². The van der Waals surface area contributed by atoms with Crippen LogP contribution in [-0.2, 0) is 16.6 Å². The zero-order valence-electron chi connectivity index (χ0n) is 13.9. The predicted molar refractivity (Wildman–Crippen MR) is 99.9 cm³/mol. The second-order valence-corrected chi connectivity index (χ2v) is 8.31. The molecule has 26 heavy (non-hydrogen) atoms. The van der Waals surface area contributed by atoms with Crippen LogP contribution in [0, 0.1) is 10.1 Å². The molecule has 1 saturated heterocycles. The molecule has 0 amide bonds. The topological polar surface area (TPSA) is 92.5 Å². The van der Waals surface area contributed by atoms with Crippen molar-refractivity contribution in [2.45, 2.75) is 24.3 Å². The summed E-state index contributed by atoms with van der Waals surface area (Å²) < 4.78 is 27.3. The molecule has 2 aromatic carbocycles. The monoisotopic (exact) mass is 395 g/mol. The van der Waals surface area contributed by atoms with Crippen molar-refractivity contribution in [2.24, 2.45) is 0 Å². The standard InChI is InChI=1S/C17H18ClN3O4S/c18-15-6-2-1-5-13(15)12-19-16-8-7-14(21(22)23)11-17(16)26(24,25)20-9-3-4-10-20/h1-2,5-8,11,19H,3-4,9-10,12H2. The first-order valence-electron chi connectivity index (χ1n) is 8.15. The molecule has 7 nitrogen and oxygen atoms in total. The molecule has 1 heterocycles. The third-order valence-electron chi connectivity index (χ3n) is 4.29. The van der Waals surface area contributed by atoms with Crippen LogP contribution in [0.15, 0.2) is 47.4 Å². The molecular weight excluding hydrogens is 378 g/mol. The number of hydrogen-bond acceptors (Lipinski definition) is 5. The van der Waals surface area contributed by atoms with Gasteiger partial charge in [-0.1, -0.05) is 29.8 Å². The summed E-state index contributed by atoms with van der Waals surface area (Å²) in [6.07, 6.45) is 1.58. The fraction of sp³-hybridized carbons (Fsp3) is 0.294. The first-order valence-corrected chi connectivity index (χ1v) is 9.97. The van der Waals surface area contributed by atoms with Crippen LogP contribution in [0.25, 0.3) is 0 Å². The van der Waals surface area contributed by atoms with Crippen molar-refractivity contribution in [3.8, 4) is 0 Å². The number of non-ortho nitro benzene ring substituents is 1. The molecule has 0 aliphatic carbocycles. The molecule has 0 atom stereocenters. The molecule has 138 valence electrons. The van der Waals surface area contributed by atoms with Gasteiger partial charge in [0, 0.05) is 36.8 Å². The number of anilines is 1. The number of nitro groups is 1. The highest BCUT2D eigenvalue weighted by atomic mass is 35.5. The molecule has 3 rings (SSSR count). The van der Waals surface area contributed by atoms with Crippen molar-refractivity contribution in [2.75, 3.05) is 18.4 Å².